The SMILES string of the molecule is CC(=O)/C=C(\O)CC(C)C.CC(=O)/C=C(\O)CC(C)C.[CH3-].[CH3-].[Ru+2]. The van der Waals surface area contributed by atoms with Crippen LogP contribution >= 0.6 is 0 Å². The van der Waals surface area contributed by atoms with Gasteiger partial charge in [0.25, 0.3) is 0 Å². The van der Waals surface area contributed by atoms with Crippen LogP contribution in [0.1, 0.15) is 54.4 Å². The van der Waals surface area contributed by atoms with E-state index in [1.165, 1.54) is 26.0 Å². The zero-order chi connectivity index (χ0) is 16.3. The van der Waals surface area contributed by atoms with E-state index in [0.717, 1.165) is 0 Å². The van der Waals surface area contributed by atoms with E-state index in [9.17, 15) is 9.59 Å². The summed E-state index contributed by atoms with van der Waals surface area (Å²) in [6, 6.07) is 0. The summed E-state index contributed by atoms with van der Waals surface area (Å²) in [6.45, 7) is 10.8. The molecule has 0 aromatic heterocycles. The van der Waals surface area contributed by atoms with Crippen molar-refractivity contribution in [2.75, 3.05) is 0 Å². The molecule has 5 heteroatoms. The van der Waals surface area contributed by atoms with Crippen LogP contribution in [0.4, 0.5) is 0 Å². The molecular formula is C18H34O4Ru. The molecule has 0 aliphatic heterocycles. The molecule has 0 amide bonds. The zero-order valence-corrected chi connectivity index (χ0v) is 17.5. The average molecular weight is 416 g/mol. The largest absolute Gasteiger partial charge is 2.00 e. The summed E-state index contributed by atoms with van der Waals surface area (Å²) in [7, 11) is 0. The monoisotopic (exact) mass is 416 g/mol. The maximum Gasteiger partial charge on any atom is 2.00 e. The minimum atomic E-state index is -0.0989. The summed E-state index contributed by atoms with van der Waals surface area (Å²) in [4.78, 5) is 20.8. The van der Waals surface area contributed by atoms with Gasteiger partial charge in [0.1, 0.15) is 0 Å². The molecule has 0 spiro atoms. The molecule has 0 aromatic carbocycles. The van der Waals surface area contributed by atoms with E-state index in [2.05, 4.69) is 0 Å². The molecule has 0 rings (SSSR count). The van der Waals surface area contributed by atoms with Crippen LogP contribution in [-0.2, 0) is 29.1 Å². The number of rotatable bonds is 6. The quantitative estimate of drug-likeness (QED) is 0.276. The van der Waals surface area contributed by atoms with E-state index >= 15 is 0 Å². The summed E-state index contributed by atoms with van der Waals surface area (Å²) in [5, 5.41) is 18.1. The molecule has 0 saturated carbocycles. The third-order valence-corrected chi connectivity index (χ3v) is 1.97. The second kappa shape index (κ2) is 19.1. The molecule has 0 bridgehead atoms. The van der Waals surface area contributed by atoms with E-state index in [0.29, 0.717) is 24.7 Å². The third kappa shape index (κ3) is 33.7. The maximum absolute atomic E-state index is 10.4. The van der Waals surface area contributed by atoms with Crippen LogP contribution in [0.25, 0.3) is 0 Å². The molecule has 0 saturated heterocycles. The van der Waals surface area contributed by atoms with Gasteiger partial charge in [-0.15, -0.1) is 0 Å². The van der Waals surface area contributed by atoms with Gasteiger partial charge in [0, 0.05) is 25.0 Å². The zero-order valence-electron chi connectivity index (χ0n) is 15.8. The Bertz CT molecular complexity index is 333. The van der Waals surface area contributed by atoms with Crippen molar-refractivity contribution in [3.8, 4) is 0 Å². The Balaban J connectivity index is -0.0000000831. The average Bonchev–Trinajstić information content (AvgIpc) is 2.11. The number of aliphatic hydroxyl groups excluding tert-OH is 2. The molecule has 0 fully saturated rings. The Morgan fingerprint density at radius 3 is 1.13 bits per heavy atom. The van der Waals surface area contributed by atoms with Gasteiger partial charge in [-0.2, -0.15) is 0 Å². The van der Waals surface area contributed by atoms with Crippen molar-refractivity contribution in [2.45, 2.75) is 54.4 Å². The van der Waals surface area contributed by atoms with Gasteiger partial charge < -0.3 is 25.1 Å². The number of carbonyl (C=O) groups excluding carboxylic acids is 2. The normalized spacial score (nSPS) is 10.6. The van der Waals surface area contributed by atoms with Crippen LogP contribution in [0.3, 0.4) is 0 Å². The van der Waals surface area contributed by atoms with Gasteiger partial charge in [-0.1, -0.05) is 27.7 Å². The number of ketones is 2. The molecule has 23 heavy (non-hydrogen) atoms. The molecule has 0 unspecified atom stereocenters. The van der Waals surface area contributed by atoms with Gasteiger partial charge in [-0.05, 0) is 25.7 Å². The molecule has 0 radical (unpaired) electrons. The number of aliphatic hydroxyl groups is 2. The van der Waals surface area contributed by atoms with Gasteiger partial charge in [-0.3, -0.25) is 9.59 Å². The van der Waals surface area contributed by atoms with E-state index < -0.39 is 0 Å². The maximum atomic E-state index is 10.4. The van der Waals surface area contributed by atoms with Gasteiger partial charge in [0.05, 0.1) is 11.5 Å². The number of allylic oxidation sites excluding steroid dienone is 4. The first kappa shape index (κ1) is 33.6. The van der Waals surface area contributed by atoms with Crippen LogP contribution in [0, 0.1) is 26.7 Å². The van der Waals surface area contributed by atoms with Crippen LogP contribution < -0.4 is 0 Å². The summed E-state index contributed by atoms with van der Waals surface area (Å²) < 4.78 is 0. The minimum Gasteiger partial charge on any atom is -0.512 e. The molecule has 2 N–H and O–H groups in total. The fourth-order valence-electron chi connectivity index (χ4n) is 1.42. The van der Waals surface area contributed by atoms with E-state index in [-0.39, 0.29) is 57.4 Å². The predicted molar refractivity (Wildman–Crippen MR) is 94.5 cm³/mol. The first-order valence-corrected chi connectivity index (χ1v) is 6.84. The Labute approximate surface area is 155 Å². The molecule has 0 aromatic rings. The van der Waals surface area contributed by atoms with E-state index in [1.54, 1.807) is 0 Å². The number of carbonyl (C=O) groups is 2. The third-order valence-electron chi connectivity index (χ3n) is 1.97. The molecule has 0 aliphatic rings. The van der Waals surface area contributed by atoms with Crippen molar-refractivity contribution in [1.82, 2.24) is 0 Å². The topological polar surface area (TPSA) is 74.6 Å². The van der Waals surface area contributed by atoms with Gasteiger partial charge in [0.2, 0.25) is 0 Å². The van der Waals surface area contributed by atoms with Crippen LogP contribution in [-0.4, -0.2) is 21.8 Å². The van der Waals surface area contributed by atoms with Gasteiger partial charge >= 0.3 is 19.5 Å². The minimum absolute atomic E-state index is 0. The second-order valence-corrected chi connectivity index (χ2v) is 5.69. The predicted octanol–water partition coefficient (Wildman–Crippen LogP) is 5.02. The number of hydrogen-bond acceptors (Lipinski definition) is 4. The smallest absolute Gasteiger partial charge is 0.512 e. The fraction of sp³-hybridized carbons (Fsp3) is 0.556. The molecule has 0 atom stereocenters. The van der Waals surface area contributed by atoms with E-state index in [4.69, 9.17) is 10.2 Å². The molecule has 0 aliphatic carbocycles. The van der Waals surface area contributed by atoms with Crippen molar-refractivity contribution in [2.24, 2.45) is 11.8 Å². The summed E-state index contributed by atoms with van der Waals surface area (Å²) in [6.07, 6.45) is 3.69. The Hall–Kier alpha value is -0.957. The standard InChI is InChI=1S/2C8H14O2.2CH3.Ru/c2*1-6(2)4-8(10)5-7(3)9;;;/h2*5-6,10H,4H2,1-3H3;2*1H3;/q;;2*-1;+2/b2*8-5-;;;. The van der Waals surface area contributed by atoms with Gasteiger partial charge in [0.15, 0.2) is 11.6 Å². The summed E-state index contributed by atoms with van der Waals surface area (Å²) in [5.74, 6) is 0.965. The van der Waals surface area contributed by atoms with Crippen molar-refractivity contribution in [3.63, 3.8) is 0 Å². The Morgan fingerprint density at radius 2 is 1.00 bits per heavy atom. The summed E-state index contributed by atoms with van der Waals surface area (Å²) >= 11 is 0. The van der Waals surface area contributed by atoms with Crippen LogP contribution in [0.15, 0.2) is 23.7 Å². The van der Waals surface area contributed by atoms with Crippen LogP contribution in [0.5, 0.6) is 0 Å². The van der Waals surface area contributed by atoms with Crippen molar-refractivity contribution < 1.29 is 39.3 Å². The summed E-state index contributed by atoms with van der Waals surface area (Å²) in [5.41, 5.74) is 0. The first-order valence-electron chi connectivity index (χ1n) is 6.84. The molecule has 138 valence electrons. The molecular weight excluding hydrogens is 381 g/mol. The van der Waals surface area contributed by atoms with Gasteiger partial charge in [-0.25, -0.2) is 0 Å². The first-order chi connectivity index (χ1) is 9.04. The molecule has 0 heterocycles. The van der Waals surface area contributed by atoms with Crippen molar-refractivity contribution in [1.29, 1.82) is 0 Å². The molecule has 4 nitrogen and oxygen atoms in total. The second-order valence-electron chi connectivity index (χ2n) is 5.69. The Kier molecular flexibility index (Phi) is 27.9. The van der Waals surface area contributed by atoms with Crippen molar-refractivity contribution >= 4 is 11.6 Å². The van der Waals surface area contributed by atoms with Crippen molar-refractivity contribution in [3.05, 3.63) is 38.5 Å². The fourth-order valence-corrected chi connectivity index (χ4v) is 1.42. The van der Waals surface area contributed by atoms with Crippen LogP contribution in [0.2, 0.25) is 0 Å². The van der Waals surface area contributed by atoms with E-state index in [1.807, 2.05) is 27.7 Å². The number of hydrogen-bond donors (Lipinski definition) is 2. The Morgan fingerprint density at radius 1 is 0.783 bits per heavy atom.